The second-order valence-electron chi connectivity index (χ2n) is 4.58. The van der Waals surface area contributed by atoms with Crippen LogP contribution in [0.3, 0.4) is 0 Å². The third-order valence-corrected chi connectivity index (χ3v) is 2.81. The molecule has 2 aromatic rings. The minimum Gasteiger partial charge on any atom is -0.334 e. The van der Waals surface area contributed by atoms with E-state index in [0.29, 0.717) is 12.2 Å². The highest BCUT2D eigenvalue weighted by Crippen LogP contribution is 2.08. The van der Waals surface area contributed by atoms with E-state index >= 15 is 0 Å². The summed E-state index contributed by atoms with van der Waals surface area (Å²) in [7, 11) is 0. The maximum Gasteiger partial charge on any atom is 0.315 e. The maximum atomic E-state index is 13.0. The van der Waals surface area contributed by atoms with Gasteiger partial charge in [0.05, 0.1) is 6.54 Å². The Balaban J connectivity index is 1.70. The average Bonchev–Trinajstić information content (AvgIpc) is 2.52. The number of hydrogen-bond acceptors (Lipinski definition) is 2. The van der Waals surface area contributed by atoms with Crippen molar-refractivity contribution < 1.29 is 14.0 Å². The van der Waals surface area contributed by atoms with E-state index in [9.17, 15) is 14.0 Å². The Morgan fingerprint density at radius 3 is 2.45 bits per heavy atom. The normalized spacial score (nSPS) is 9.86. The molecule has 3 N–H and O–H groups in total. The number of urea groups is 1. The Hall–Kier alpha value is -2.89. The second-order valence-corrected chi connectivity index (χ2v) is 4.58. The summed E-state index contributed by atoms with van der Waals surface area (Å²) in [5.74, 6) is -0.869. The summed E-state index contributed by atoms with van der Waals surface area (Å²) in [6, 6.07) is 14.5. The van der Waals surface area contributed by atoms with Crippen molar-refractivity contribution in [1.82, 2.24) is 10.6 Å². The van der Waals surface area contributed by atoms with Gasteiger partial charge in [0, 0.05) is 12.2 Å². The lowest BCUT2D eigenvalue weighted by Gasteiger charge is -2.08. The first kappa shape index (κ1) is 15.5. The summed E-state index contributed by atoms with van der Waals surface area (Å²) in [4.78, 5) is 23.2. The lowest BCUT2D eigenvalue weighted by molar-refractivity contribution is -0.115. The minimum absolute atomic E-state index is 0.197. The summed E-state index contributed by atoms with van der Waals surface area (Å²) in [6.45, 7) is 0.176. The molecule has 114 valence electrons. The Bertz CT molecular complexity index is 647. The van der Waals surface area contributed by atoms with E-state index in [1.807, 2.05) is 30.3 Å². The van der Waals surface area contributed by atoms with Crippen molar-refractivity contribution >= 4 is 17.6 Å². The number of rotatable bonds is 5. The third-order valence-electron chi connectivity index (χ3n) is 2.81. The van der Waals surface area contributed by atoms with E-state index in [4.69, 9.17) is 0 Å². The van der Waals surface area contributed by atoms with Gasteiger partial charge in [0.15, 0.2) is 0 Å². The predicted octanol–water partition coefficient (Wildman–Crippen LogP) is 2.26. The third kappa shape index (κ3) is 5.24. The molecular formula is C16H16FN3O2. The number of benzene rings is 2. The van der Waals surface area contributed by atoms with Crippen molar-refractivity contribution in [2.24, 2.45) is 0 Å². The van der Waals surface area contributed by atoms with Crippen molar-refractivity contribution in [3.05, 3.63) is 66.0 Å². The molecule has 0 aliphatic carbocycles. The number of anilines is 1. The first-order chi connectivity index (χ1) is 10.6. The molecule has 0 bridgehead atoms. The largest absolute Gasteiger partial charge is 0.334 e. The van der Waals surface area contributed by atoms with Crippen LogP contribution in [-0.2, 0) is 11.3 Å². The molecule has 0 saturated carbocycles. The topological polar surface area (TPSA) is 70.2 Å². The van der Waals surface area contributed by atoms with Gasteiger partial charge < -0.3 is 16.0 Å². The highest BCUT2D eigenvalue weighted by molar-refractivity contribution is 5.94. The monoisotopic (exact) mass is 301 g/mol. The summed E-state index contributed by atoms with van der Waals surface area (Å²) < 4.78 is 13.0. The first-order valence-electron chi connectivity index (χ1n) is 6.74. The lowest BCUT2D eigenvalue weighted by atomic mass is 10.2. The molecule has 0 atom stereocenters. The number of hydrogen-bond donors (Lipinski definition) is 3. The Kier molecular flexibility index (Phi) is 5.48. The van der Waals surface area contributed by atoms with Gasteiger partial charge in [0.1, 0.15) is 5.82 Å². The van der Waals surface area contributed by atoms with E-state index in [1.54, 1.807) is 6.07 Å². The quantitative estimate of drug-likeness (QED) is 0.793. The Morgan fingerprint density at radius 1 is 0.955 bits per heavy atom. The molecule has 22 heavy (non-hydrogen) atoms. The fourth-order valence-electron chi connectivity index (χ4n) is 1.77. The van der Waals surface area contributed by atoms with Crippen LogP contribution in [0.1, 0.15) is 5.56 Å². The van der Waals surface area contributed by atoms with E-state index in [2.05, 4.69) is 16.0 Å². The number of carbonyl (C=O) groups excluding carboxylic acids is 2. The number of amides is 3. The van der Waals surface area contributed by atoms with Crippen LogP contribution in [-0.4, -0.2) is 18.5 Å². The molecular weight excluding hydrogens is 285 g/mol. The van der Waals surface area contributed by atoms with E-state index in [0.717, 1.165) is 5.56 Å². The molecule has 3 amide bonds. The van der Waals surface area contributed by atoms with Crippen LogP contribution in [0.25, 0.3) is 0 Å². The molecule has 0 fully saturated rings. The van der Waals surface area contributed by atoms with E-state index in [-0.39, 0.29) is 6.54 Å². The smallest absolute Gasteiger partial charge is 0.315 e. The van der Waals surface area contributed by atoms with Gasteiger partial charge in [0.25, 0.3) is 0 Å². The molecule has 6 heteroatoms. The van der Waals surface area contributed by atoms with Crippen LogP contribution in [0.4, 0.5) is 14.9 Å². The Labute approximate surface area is 127 Å². The molecule has 5 nitrogen and oxygen atoms in total. The fraction of sp³-hybridized carbons (Fsp3) is 0.125. The zero-order valence-electron chi connectivity index (χ0n) is 11.8. The summed E-state index contributed by atoms with van der Waals surface area (Å²) in [6.07, 6.45) is 0. The highest BCUT2D eigenvalue weighted by Gasteiger charge is 2.06. The first-order valence-corrected chi connectivity index (χ1v) is 6.74. The lowest BCUT2D eigenvalue weighted by Crippen LogP contribution is -2.39. The fourth-order valence-corrected chi connectivity index (χ4v) is 1.77. The molecule has 0 radical (unpaired) electrons. The zero-order valence-corrected chi connectivity index (χ0v) is 11.8. The SMILES string of the molecule is O=C(CNC(=O)NCc1ccccc1)Nc1cccc(F)c1. The van der Waals surface area contributed by atoms with Crippen LogP contribution >= 0.6 is 0 Å². The predicted molar refractivity (Wildman–Crippen MR) is 81.7 cm³/mol. The number of carbonyl (C=O) groups is 2. The molecule has 0 aliphatic rings. The van der Waals surface area contributed by atoms with E-state index < -0.39 is 17.8 Å². The zero-order chi connectivity index (χ0) is 15.8. The van der Waals surface area contributed by atoms with Crippen molar-refractivity contribution in [1.29, 1.82) is 0 Å². The highest BCUT2D eigenvalue weighted by atomic mass is 19.1. The maximum absolute atomic E-state index is 13.0. The van der Waals surface area contributed by atoms with Crippen LogP contribution in [0.2, 0.25) is 0 Å². The minimum atomic E-state index is -0.446. The standard InChI is InChI=1S/C16H16FN3O2/c17-13-7-4-8-14(9-13)20-15(21)11-19-16(22)18-10-12-5-2-1-3-6-12/h1-9H,10-11H2,(H,20,21)(H2,18,19,22). The van der Waals surface area contributed by atoms with Gasteiger partial charge >= 0.3 is 6.03 Å². The molecule has 0 heterocycles. The average molecular weight is 301 g/mol. The van der Waals surface area contributed by atoms with Gasteiger partial charge in [-0.05, 0) is 23.8 Å². The van der Waals surface area contributed by atoms with Crippen LogP contribution in [0.5, 0.6) is 0 Å². The van der Waals surface area contributed by atoms with Crippen LogP contribution in [0, 0.1) is 5.82 Å². The molecule has 0 aromatic heterocycles. The molecule has 2 aromatic carbocycles. The van der Waals surface area contributed by atoms with Gasteiger partial charge in [0.2, 0.25) is 5.91 Å². The van der Waals surface area contributed by atoms with Gasteiger partial charge in [-0.25, -0.2) is 9.18 Å². The second kappa shape index (κ2) is 7.78. The van der Waals surface area contributed by atoms with Crippen molar-refractivity contribution in [3.8, 4) is 0 Å². The van der Waals surface area contributed by atoms with Crippen molar-refractivity contribution in [2.75, 3.05) is 11.9 Å². The molecule has 0 aliphatic heterocycles. The molecule has 2 rings (SSSR count). The van der Waals surface area contributed by atoms with Crippen molar-refractivity contribution in [3.63, 3.8) is 0 Å². The van der Waals surface area contributed by atoms with Gasteiger partial charge in [-0.2, -0.15) is 0 Å². The van der Waals surface area contributed by atoms with Gasteiger partial charge in [-0.15, -0.1) is 0 Å². The van der Waals surface area contributed by atoms with Crippen LogP contribution < -0.4 is 16.0 Å². The number of nitrogens with one attached hydrogen (secondary N) is 3. The molecule has 0 saturated heterocycles. The van der Waals surface area contributed by atoms with Crippen molar-refractivity contribution in [2.45, 2.75) is 6.54 Å². The van der Waals surface area contributed by atoms with E-state index in [1.165, 1.54) is 18.2 Å². The molecule has 0 spiro atoms. The molecule has 0 unspecified atom stereocenters. The summed E-state index contributed by atoms with van der Waals surface area (Å²) >= 11 is 0. The summed E-state index contributed by atoms with van der Waals surface area (Å²) in [5, 5.41) is 7.56. The van der Waals surface area contributed by atoms with Gasteiger partial charge in [-0.1, -0.05) is 36.4 Å². The van der Waals surface area contributed by atoms with Gasteiger partial charge in [-0.3, -0.25) is 4.79 Å². The number of halogens is 1. The Morgan fingerprint density at radius 2 is 1.73 bits per heavy atom. The van der Waals surface area contributed by atoms with Crippen LogP contribution in [0.15, 0.2) is 54.6 Å². The summed E-state index contributed by atoms with van der Waals surface area (Å²) in [5.41, 5.74) is 1.30.